The fourth-order valence-corrected chi connectivity index (χ4v) is 6.23. The molecule has 172 valence electrons. The third kappa shape index (κ3) is 5.57. The lowest BCUT2D eigenvalue weighted by Gasteiger charge is -2.31. The summed E-state index contributed by atoms with van der Waals surface area (Å²) in [4.78, 5) is 15.7. The zero-order valence-electron chi connectivity index (χ0n) is 18.6. The molecular weight excluding hydrogens is 422 g/mol. The van der Waals surface area contributed by atoms with Crippen LogP contribution in [0.5, 0.6) is 0 Å². The van der Waals surface area contributed by atoms with Crippen LogP contribution in [0.1, 0.15) is 43.2 Å². The van der Waals surface area contributed by atoms with Crippen molar-refractivity contribution in [3.63, 3.8) is 0 Å². The van der Waals surface area contributed by atoms with Gasteiger partial charge in [-0.1, -0.05) is 48.9 Å². The highest BCUT2D eigenvalue weighted by molar-refractivity contribution is 7.89. The maximum atomic E-state index is 13.0. The second-order valence-corrected chi connectivity index (χ2v) is 10.8. The summed E-state index contributed by atoms with van der Waals surface area (Å²) in [7, 11) is -3.57. The molecule has 1 amide bonds. The number of amides is 1. The summed E-state index contributed by atoms with van der Waals surface area (Å²) in [5.74, 6) is -0.387. The molecule has 2 fully saturated rings. The van der Waals surface area contributed by atoms with Crippen molar-refractivity contribution in [2.75, 3.05) is 26.2 Å². The molecule has 2 saturated heterocycles. The standard InChI is InChI=1S/C25H33N3O3S/c29-25(23-12-9-17-28(20-23)32(30,31)24-13-3-1-4-14-24)26-18-21-10-5-6-11-22(21)19-27-15-7-2-8-16-27/h1,3-6,10-11,13-14,23H,2,7-9,12,15-20H2,(H,26,29)/t23-/m0/s1. The van der Waals surface area contributed by atoms with E-state index in [4.69, 9.17) is 0 Å². The second-order valence-electron chi connectivity index (χ2n) is 8.84. The lowest BCUT2D eigenvalue weighted by atomic mass is 9.98. The normalized spacial score (nSPS) is 20.7. The van der Waals surface area contributed by atoms with Gasteiger partial charge in [0.15, 0.2) is 0 Å². The van der Waals surface area contributed by atoms with E-state index in [1.165, 1.54) is 29.1 Å². The van der Waals surface area contributed by atoms with E-state index in [1.54, 1.807) is 30.3 Å². The molecule has 0 spiro atoms. The zero-order valence-corrected chi connectivity index (χ0v) is 19.4. The number of benzene rings is 2. The van der Waals surface area contributed by atoms with Crippen molar-refractivity contribution < 1.29 is 13.2 Å². The van der Waals surface area contributed by atoms with Crippen LogP contribution in [0.4, 0.5) is 0 Å². The van der Waals surface area contributed by atoms with Crippen molar-refractivity contribution in [1.82, 2.24) is 14.5 Å². The van der Waals surface area contributed by atoms with Gasteiger partial charge in [-0.05, 0) is 62.0 Å². The van der Waals surface area contributed by atoms with E-state index < -0.39 is 10.0 Å². The van der Waals surface area contributed by atoms with Crippen LogP contribution in [-0.4, -0.2) is 49.7 Å². The van der Waals surface area contributed by atoms with Crippen molar-refractivity contribution in [2.24, 2.45) is 5.92 Å². The number of sulfonamides is 1. The Kier molecular flexibility index (Phi) is 7.60. The first-order valence-electron chi connectivity index (χ1n) is 11.7. The summed E-state index contributed by atoms with van der Waals surface area (Å²) < 4.78 is 27.4. The van der Waals surface area contributed by atoms with Crippen molar-refractivity contribution in [3.05, 3.63) is 65.7 Å². The maximum Gasteiger partial charge on any atom is 0.243 e. The smallest absolute Gasteiger partial charge is 0.243 e. The predicted molar refractivity (Wildman–Crippen MR) is 125 cm³/mol. The minimum atomic E-state index is -3.57. The SMILES string of the molecule is O=C(NCc1ccccc1CN1CCCCC1)[C@H]1CCCN(S(=O)(=O)c2ccccc2)C1. The van der Waals surface area contributed by atoms with Gasteiger partial charge in [-0.2, -0.15) is 4.31 Å². The quantitative estimate of drug-likeness (QED) is 0.695. The van der Waals surface area contributed by atoms with E-state index in [1.807, 2.05) is 6.07 Å². The molecule has 2 aromatic carbocycles. The Morgan fingerprint density at radius 1 is 0.875 bits per heavy atom. The van der Waals surface area contributed by atoms with Crippen molar-refractivity contribution in [3.8, 4) is 0 Å². The van der Waals surface area contributed by atoms with Crippen LogP contribution in [0.2, 0.25) is 0 Å². The Hall–Kier alpha value is -2.22. The Bertz CT molecular complexity index is 1000. The minimum Gasteiger partial charge on any atom is -0.352 e. The minimum absolute atomic E-state index is 0.0641. The lowest BCUT2D eigenvalue weighted by Crippen LogP contribution is -2.45. The first kappa shape index (κ1) is 23.0. The summed E-state index contributed by atoms with van der Waals surface area (Å²) in [6.45, 7) is 4.35. The molecule has 0 radical (unpaired) electrons. The highest BCUT2D eigenvalue weighted by Crippen LogP contribution is 2.24. The van der Waals surface area contributed by atoms with Crippen molar-refractivity contribution in [1.29, 1.82) is 0 Å². The number of carbonyl (C=O) groups is 1. The zero-order chi connectivity index (χ0) is 22.4. The van der Waals surface area contributed by atoms with Crippen LogP contribution >= 0.6 is 0 Å². The van der Waals surface area contributed by atoms with Gasteiger partial charge in [0, 0.05) is 26.2 Å². The average molecular weight is 456 g/mol. The molecule has 2 aromatic rings. The maximum absolute atomic E-state index is 13.0. The van der Waals surface area contributed by atoms with Gasteiger partial charge in [0.1, 0.15) is 0 Å². The van der Waals surface area contributed by atoms with Gasteiger partial charge in [0.2, 0.25) is 15.9 Å². The van der Waals surface area contributed by atoms with Gasteiger partial charge >= 0.3 is 0 Å². The van der Waals surface area contributed by atoms with Gasteiger partial charge < -0.3 is 5.32 Å². The monoisotopic (exact) mass is 455 g/mol. The molecular formula is C25H33N3O3S. The Balaban J connectivity index is 1.36. The Labute approximate surface area is 191 Å². The number of likely N-dealkylation sites (tertiary alicyclic amines) is 1. The predicted octanol–water partition coefficient (Wildman–Crippen LogP) is 3.39. The van der Waals surface area contributed by atoms with Crippen molar-refractivity contribution in [2.45, 2.75) is 50.1 Å². The fraction of sp³-hybridized carbons (Fsp3) is 0.480. The molecule has 0 unspecified atom stereocenters. The molecule has 7 heteroatoms. The second kappa shape index (κ2) is 10.6. The van der Waals surface area contributed by atoms with E-state index >= 15 is 0 Å². The highest BCUT2D eigenvalue weighted by Gasteiger charge is 2.33. The number of carbonyl (C=O) groups excluding carboxylic acids is 1. The molecule has 0 saturated carbocycles. The molecule has 2 aliphatic heterocycles. The molecule has 2 aliphatic rings. The summed E-state index contributed by atoms with van der Waals surface area (Å²) >= 11 is 0. The first-order valence-corrected chi connectivity index (χ1v) is 13.1. The van der Waals surface area contributed by atoms with Gasteiger partial charge in [0.25, 0.3) is 0 Å². The topological polar surface area (TPSA) is 69.7 Å². The van der Waals surface area contributed by atoms with E-state index in [0.717, 1.165) is 25.2 Å². The van der Waals surface area contributed by atoms with Crippen LogP contribution in [-0.2, 0) is 27.9 Å². The molecule has 1 N–H and O–H groups in total. The number of piperidine rings is 2. The number of nitrogens with one attached hydrogen (secondary N) is 1. The summed E-state index contributed by atoms with van der Waals surface area (Å²) in [5.41, 5.74) is 2.39. The number of rotatable bonds is 7. The number of hydrogen-bond acceptors (Lipinski definition) is 4. The molecule has 0 bridgehead atoms. The van der Waals surface area contributed by atoms with E-state index in [-0.39, 0.29) is 23.3 Å². The fourth-order valence-electron chi connectivity index (χ4n) is 4.69. The molecule has 0 aromatic heterocycles. The van der Waals surface area contributed by atoms with E-state index in [0.29, 0.717) is 25.9 Å². The lowest BCUT2D eigenvalue weighted by molar-refractivity contribution is -0.126. The van der Waals surface area contributed by atoms with Crippen LogP contribution in [0.15, 0.2) is 59.5 Å². The third-order valence-electron chi connectivity index (χ3n) is 6.55. The average Bonchev–Trinajstić information content (AvgIpc) is 2.84. The first-order chi connectivity index (χ1) is 15.5. The van der Waals surface area contributed by atoms with E-state index in [9.17, 15) is 13.2 Å². The van der Waals surface area contributed by atoms with E-state index in [2.05, 4.69) is 28.4 Å². The van der Waals surface area contributed by atoms with Crippen LogP contribution in [0.25, 0.3) is 0 Å². The number of nitrogens with zero attached hydrogens (tertiary/aromatic N) is 2. The summed E-state index contributed by atoms with van der Waals surface area (Å²) in [6.07, 6.45) is 5.22. The van der Waals surface area contributed by atoms with Gasteiger partial charge in [-0.3, -0.25) is 9.69 Å². The molecule has 2 heterocycles. The third-order valence-corrected chi connectivity index (χ3v) is 8.43. The van der Waals surface area contributed by atoms with Gasteiger partial charge in [0.05, 0.1) is 10.8 Å². The van der Waals surface area contributed by atoms with Gasteiger partial charge in [-0.15, -0.1) is 0 Å². The Morgan fingerprint density at radius 2 is 1.56 bits per heavy atom. The van der Waals surface area contributed by atoms with Crippen molar-refractivity contribution >= 4 is 15.9 Å². The summed E-state index contributed by atoms with van der Waals surface area (Å²) in [5, 5.41) is 3.08. The molecule has 6 nitrogen and oxygen atoms in total. The van der Waals surface area contributed by atoms with Crippen LogP contribution < -0.4 is 5.32 Å². The highest BCUT2D eigenvalue weighted by atomic mass is 32.2. The molecule has 4 rings (SSSR count). The Morgan fingerprint density at radius 3 is 2.31 bits per heavy atom. The number of hydrogen-bond donors (Lipinski definition) is 1. The largest absolute Gasteiger partial charge is 0.352 e. The molecule has 32 heavy (non-hydrogen) atoms. The summed E-state index contributed by atoms with van der Waals surface area (Å²) in [6, 6.07) is 16.8. The molecule has 1 atom stereocenters. The van der Waals surface area contributed by atoms with Crippen LogP contribution in [0, 0.1) is 5.92 Å². The molecule has 0 aliphatic carbocycles. The van der Waals surface area contributed by atoms with Gasteiger partial charge in [-0.25, -0.2) is 8.42 Å². The van der Waals surface area contributed by atoms with Crippen LogP contribution in [0.3, 0.4) is 0 Å².